The highest BCUT2D eigenvalue weighted by Crippen LogP contribution is 2.21. The Bertz CT molecular complexity index is 651. The van der Waals surface area contributed by atoms with Gasteiger partial charge in [-0.25, -0.2) is 0 Å². The monoisotopic (exact) mass is 405 g/mol. The Balaban J connectivity index is 1.36. The van der Waals surface area contributed by atoms with Crippen LogP contribution in [0.4, 0.5) is 0 Å². The van der Waals surface area contributed by atoms with Crippen LogP contribution in [0.25, 0.3) is 0 Å². The first kappa shape index (κ1) is 21.2. The van der Waals surface area contributed by atoms with Crippen molar-refractivity contribution in [3.63, 3.8) is 0 Å². The van der Waals surface area contributed by atoms with E-state index in [1.807, 2.05) is 31.2 Å². The summed E-state index contributed by atoms with van der Waals surface area (Å²) in [6, 6.07) is 8.39. The molecule has 2 aliphatic heterocycles. The van der Waals surface area contributed by atoms with Gasteiger partial charge in [-0.1, -0.05) is 23.7 Å². The van der Waals surface area contributed by atoms with E-state index in [0.717, 1.165) is 50.2 Å². The molecule has 2 heterocycles. The normalized spacial score (nSPS) is 28.2. The van der Waals surface area contributed by atoms with E-state index >= 15 is 0 Å². The van der Waals surface area contributed by atoms with Crippen molar-refractivity contribution in [2.24, 2.45) is 11.8 Å². The van der Waals surface area contributed by atoms with E-state index in [9.17, 15) is 4.79 Å². The molecule has 1 aromatic carbocycles. The van der Waals surface area contributed by atoms with Gasteiger partial charge in [0.25, 0.3) is 0 Å². The second-order valence-corrected chi connectivity index (χ2v) is 8.26. The van der Waals surface area contributed by atoms with Gasteiger partial charge in [0.15, 0.2) is 0 Å². The Morgan fingerprint density at radius 3 is 2.82 bits per heavy atom. The zero-order valence-electron chi connectivity index (χ0n) is 16.6. The van der Waals surface area contributed by atoms with Gasteiger partial charge in [0.1, 0.15) is 0 Å². The Morgan fingerprint density at radius 2 is 2.14 bits per heavy atom. The average Bonchev–Trinajstić information content (AvgIpc) is 2.70. The third-order valence-corrected chi connectivity index (χ3v) is 5.88. The molecule has 2 saturated heterocycles. The number of nitrogens with one attached hydrogen (secondary N) is 3. The van der Waals surface area contributed by atoms with Crippen LogP contribution in [0.5, 0.6) is 0 Å². The molecule has 0 bridgehead atoms. The van der Waals surface area contributed by atoms with Crippen LogP contribution in [-0.2, 0) is 16.0 Å². The molecule has 0 aliphatic carbocycles. The summed E-state index contributed by atoms with van der Waals surface area (Å²) in [5, 5.41) is 10.9. The zero-order valence-corrected chi connectivity index (χ0v) is 17.4. The molecule has 6 heteroatoms. The molecule has 0 spiro atoms. The molecule has 0 aromatic heterocycles. The number of carbonyl (C=O) groups is 1. The third kappa shape index (κ3) is 6.50. The Hall–Kier alpha value is -1.56. The molecule has 1 amide bonds. The molecule has 5 nitrogen and oxygen atoms in total. The van der Waals surface area contributed by atoms with Gasteiger partial charge in [0.05, 0.1) is 25.0 Å². The quantitative estimate of drug-likeness (QED) is 0.609. The van der Waals surface area contributed by atoms with Gasteiger partial charge in [-0.3, -0.25) is 10.1 Å². The first-order chi connectivity index (χ1) is 13.6. The van der Waals surface area contributed by atoms with Crippen LogP contribution >= 0.6 is 11.6 Å². The van der Waals surface area contributed by atoms with Gasteiger partial charge < -0.3 is 15.4 Å². The van der Waals surface area contributed by atoms with Crippen molar-refractivity contribution in [3.8, 4) is 0 Å². The van der Waals surface area contributed by atoms with E-state index in [1.165, 1.54) is 5.56 Å². The largest absolute Gasteiger partial charge is 0.502 e. The van der Waals surface area contributed by atoms with E-state index in [2.05, 4.69) is 22.0 Å². The minimum absolute atomic E-state index is 0.0442. The average molecular weight is 406 g/mol. The number of halogens is 1. The van der Waals surface area contributed by atoms with Gasteiger partial charge in [-0.2, -0.15) is 0 Å². The van der Waals surface area contributed by atoms with E-state index in [-0.39, 0.29) is 18.0 Å². The lowest BCUT2D eigenvalue weighted by Gasteiger charge is -2.33. The number of amides is 1. The first-order valence-corrected chi connectivity index (χ1v) is 10.8. The van der Waals surface area contributed by atoms with Crippen molar-refractivity contribution in [1.82, 2.24) is 16.0 Å². The van der Waals surface area contributed by atoms with E-state index in [4.69, 9.17) is 16.3 Å². The summed E-state index contributed by atoms with van der Waals surface area (Å²) in [5.41, 5.74) is 1.28. The summed E-state index contributed by atoms with van der Waals surface area (Å²) in [6.07, 6.45) is 8.85. The van der Waals surface area contributed by atoms with E-state index in [0.29, 0.717) is 18.6 Å². The summed E-state index contributed by atoms with van der Waals surface area (Å²) in [5.74, 6) is 0.786. The highest BCUT2D eigenvalue weighted by atomic mass is 35.5. The lowest BCUT2D eigenvalue weighted by atomic mass is 9.90. The predicted molar refractivity (Wildman–Crippen MR) is 113 cm³/mol. The minimum atomic E-state index is 0.0442. The lowest BCUT2D eigenvalue weighted by molar-refractivity contribution is -0.126. The highest BCUT2D eigenvalue weighted by molar-refractivity contribution is 6.30. The van der Waals surface area contributed by atoms with E-state index < -0.39 is 0 Å². The molecular weight excluding hydrogens is 374 g/mol. The molecular formula is C22H32ClN3O2. The molecule has 28 heavy (non-hydrogen) atoms. The molecule has 154 valence electrons. The van der Waals surface area contributed by atoms with Gasteiger partial charge in [-0.15, -0.1) is 0 Å². The van der Waals surface area contributed by atoms with Crippen LogP contribution in [0.15, 0.2) is 36.6 Å². The second kappa shape index (κ2) is 10.8. The van der Waals surface area contributed by atoms with Crippen molar-refractivity contribution in [3.05, 3.63) is 47.2 Å². The summed E-state index contributed by atoms with van der Waals surface area (Å²) in [6.45, 7) is 4.29. The van der Waals surface area contributed by atoms with Gasteiger partial charge in [0.2, 0.25) is 5.91 Å². The standard InChI is InChI=1S/C22H32ClN3O2/c1-2-28-11-10-20-8-7-18(15-24-20)22(27)26-21-9-6-17(14-25-21)12-16-4-3-5-19(23)13-16/h3-5,10-11,13,17-18,20-21,24-25H,2,6-9,12,14-15H2,1H3,(H,26,27)/b11-10+. The van der Waals surface area contributed by atoms with Crippen LogP contribution < -0.4 is 16.0 Å². The van der Waals surface area contributed by atoms with Crippen molar-refractivity contribution >= 4 is 17.5 Å². The maximum absolute atomic E-state index is 12.6. The molecule has 4 unspecified atom stereocenters. The fourth-order valence-electron chi connectivity index (χ4n) is 4.01. The summed E-state index contributed by atoms with van der Waals surface area (Å²) in [7, 11) is 0. The maximum Gasteiger partial charge on any atom is 0.225 e. The van der Waals surface area contributed by atoms with Crippen molar-refractivity contribution in [2.75, 3.05) is 19.7 Å². The van der Waals surface area contributed by atoms with Crippen molar-refractivity contribution in [1.29, 1.82) is 0 Å². The van der Waals surface area contributed by atoms with Gasteiger partial charge in [0, 0.05) is 24.2 Å². The molecule has 3 N–H and O–H groups in total. The number of ether oxygens (including phenoxy) is 1. The lowest BCUT2D eigenvalue weighted by Crippen LogP contribution is -2.53. The van der Waals surface area contributed by atoms with Gasteiger partial charge in [-0.05, 0) is 68.7 Å². The Labute approximate surface area is 173 Å². The summed E-state index contributed by atoms with van der Waals surface area (Å²) in [4.78, 5) is 12.6. The summed E-state index contributed by atoms with van der Waals surface area (Å²) < 4.78 is 5.25. The molecule has 2 aliphatic rings. The second-order valence-electron chi connectivity index (χ2n) is 7.82. The number of hydrogen-bond acceptors (Lipinski definition) is 4. The van der Waals surface area contributed by atoms with Crippen LogP contribution in [0.1, 0.15) is 38.2 Å². The van der Waals surface area contributed by atoms with Crippen LogP contribution in [-0.4, -0.2) is 37.8 Å². The number of rotatable bonds is 7. The molecule has 3 rings (SSSR count). The SMILES string of the molecule is CCO/C=C/C1CCC(C(=O)NC2CCC(Cc3cccc(Cl)c3)CN2)CN1. The number of benzene rings is 1. The highest BCUT2D eigenvalue weighted by Gasteiger charge is 2.28. The first-order valence-electron chi connectivity index (χ1n) is 10.4. The fraction of sp³-hybridized carbons (Fsp3) is 0.591. The third-order valence-electron chi connectivity index (χ3n) is 5.64. The van der Waals surface area contributed by atoms with Crippen molar-refractivity contribution in [2.45, 2.75) is 51.2 Å². The molecule has 1 aromatic rings. The fourth-order valence-corrected chi connectivity index (χ4v) is 4.23. The van der Waals surface area contributed by atoms with E-state index in [1.54, 1.807) is 6.26 Å². The van der Waals surface area contributed by atoms with Crippen LogP contribution in [0.3, 0.4) is 0 Å². The maximum atomic E-state index is 12.6. The predicted octanol–water partition coefficient (Wildman–Crippen LogP) is 3.24. The number of piperidine rings is 2. The van der Waals surface area contributed by atoms with Crippen molar-refractivity contribution < 1.29 is 9.53 Å². The Morgan fingerprint density at radius 1 is 1.25 bits per heavy atom. The minimum Gasteiger partial charge on any atom is -0.502 e. The van der Waals surface area contributed by atoms with Crippen LogP contribution in [0.2, 0.25) is 5.02 Å². The molecule has 0 radical (unpaired) electrons. The molecule has 0 saturated carbocycles. The number of carbonyl (C=O) groups excluding carboxylic acids is 1. The molecule has 4 atom stereocenters. The zero-order chi connectivity index (χ0) is 19.8. The Kier molecular flexibility index (Phi) is 8.19. The van der Waals surface area contributed by atoms with Crippen LogP contribution in [0, 0.1) is 11.8 Å². The smallest absolute Gasteiger partial charge is 0.225 e. The molecule has 2 fully saturated rings. The number of hydrogen-bond donors (Lipinski definition) is 3. The topological polar surface area (TPSA) is 62.4 Å². The summed E-state index contributed by atoms with van der Waals surface area (Å²) >= 11 is 6.08. The van der Waals surface area contributed by atoms with Gasteiger partial charge >= 0.3 is 0 Å².